The summed E-state index contributed by atoms with van der Waals surface area (Å²) in [6.07, 6.45) is 1.66. The molecule has 0 heterocycles. The summed E-state index contributed by atoms with van der Waals surface area (Å²) in [6.45, 7) is 2.36. The van der Waals surface area contributed by atoms with Gasteiger partial charge in [-0.05, 0) is 48.9 Å². The van der Waals surface area contributed by atoms with Gasteiger partial charge in [-0.2, -0.15) is 0 Å². The van der Waals surface area contributed by atoms with E-state index in [1.165, 1.54) is 42.5 Å². The van der Waals surface area contributed by atoms with Crippen LogP contribution in [0.15, 0.2) is 53.4 Å². The average Bonchev–Trinajstić information content (AvgIpc) is 2.55. The first-order valence-corrected chi connectivity index (χ1v) is 9.07. The van der Waals surface area contributed by atoms with E-state index in [-0.39, 0.29) is 10.5 Å². The lowest BCUT2D eigenvalue weighted by molar-refractivity contribution is 0.102. The van der Waals surface area contributed by atoms with E-state index in [0.717, 1.165) is 18.9 Å². The maximum Gasteiger partial charge on any atom is 0.255 e. The number of amides is 1. The Hall–Kier alpha value is -2.25. The van der Waals surface area contributed by atoms with Gasteiger partial charge in [-0.3, -0.25) is 4.79 Å². The van der Waals surface area contributed by atoms with E-state index in [2.05, 4.69) is 10.0 Å². The Morgan fingerprint density at radius 2 is 1.83 bits per heavy atom. The molecule has 0 unspecified atom stereocenters. The maximum absolute atomic E-state index is 13.1. The Balaban J connectivity index is 2.05. The van der Waals surface area contributed by atoms with Gasteiger partial charge in [0.15, 0.2) is 0 Å². The van der Waals surface area contributed by atoms with Crippen LogP contribution in [0.4, 0.5) is 10.1 Å². The SMILES string of the molecule is CCCCNS(=O)(=O)c1ccc(NC(=O)c2cccc(F)c2)cc1. The minimum Gasteiger partial charge on any atom is -0.322 e. The van der Waals surface area contributed by atoms with Gasteiger partial charge in [0.2, 0.25) is 10.0 Å². The molecule has 0 radical (unpaired) electrons. The zero-order valence-electron chi connectivity index (χ0n) is 13.3. The number of unbranched alkanes of at least 4 members (excludes halogenated alkanes) is 1. The van der Waals surface area contributed by atoms with Crippen LogP contribution in [-0.4, -0.2) is 20.9 Å². The minimum atomic E-state index is -3.55. The van der Waals surface area contributed by atoms with E-state index in [0.29, 0.717) is 12.2 Å². The summed E-state index contributed by atoms with van der Waals surface area (Å²) in [6, 6.07) is 11.1. The van der Waals surface area contributed by atoms with Crippen LogP contribution in [0.3, 0.4) is 0 Å². The fraction of sp³-hybridized carbons (Fsp3) is 0.235. The summed E-state index contributed by atoms with van der Waals surface area (Å²) in [5, 5.41) is 2.60. The molecule has 0 aromatic heterocycles. The van der Waals surface area contributed by atoms with Gasteiger partial charge < -0.3 is 5.32 Å². The molecule has 2 aromatic carbocycles. The molecule has 0 aliphatic rings. The molecule has 0 atom stereocenters. The van der Waals surface area contributed by atoms with Crippen LogP contribution in [0.25, 0.3) is 0 Å². The third kappa shape index (κ3) is 4.87. The molecule has 0 spiro atoms. The number of halogens is 1. The minimum absolute atomic E-state index is 0.127. The van der Waals surface area contributed by atoms with Crippen LogP contribution in [0.2, 0.25) is 0 Å². The molecule has 2 aromatic rings. The third-order valence-electron chi connectivity index (χ3n) is 3.33. The Kier molecular flexibility index (Phi) is 6.05. The normalized spacial score (nSPS) is 11.2. The van der Waals surface area contributed by atoms with Crippen LogP contribution in [-0.2, 0) is 10.0 Å². The largest absolute Gasteiger partial charge is 0.322 e. The van der Waals surface area contributed by atoms with E-state index in [1.54, 1.807) is 0 Å². The first-order chi connectivity index (χ1) is 11.4. The Bertz CT molecular complexity index is 805. The van der Waals surface area contributed by atoms with Crippen LogP contribution in [0.5, 0.6) is 0 Å². The van der Waals surface area contributed by atoms with Crippen molar-refractivity contribution in [3.05, 3.63) is 59.9 Å². The molecule has 0 aliphatic heterocycles. The zero-order chi connectivity index (χ0) is 17.6. The van der Waals surface area contributed by atoms with Gasteiger partial charge >= 0.3 is 0 Å². The Morgan fingerprint density at radius 1 is 1.12 bits per heavy atom. The highest BCUT2D eigenvalue weighted by atomic mass is 32.2. The van der Waals surface area contributed by atoms with Crippen molar-refractivity contribution in [2.24, 2.45) is 0 Å². The van der Waals surface area contributed by atoms with Crippen molar-refractivity contribution < 1.29 is 17.6 Å². The summed E-state index contributed by atoms with van der Waals surface area (Å²) in [5.41, 5.74) is 0.615. The number of hydrogen-bond donors (Lipinski definition) is 2. The van der Waals surface area contributed by atoms with Crippen LogP contribution in [0.1, 0.15) is 30.1 Å². The van der Waals surface area contributed by atoms with Gasteiger partial charge in [0.05, 0.1) is 4.90 Å². The molecular weight excluding hydrogens is 331 g/mol. The predicted octanol–water partition coefficient (Wildman–Crippen LogP) is 3.16. The molecule has 24 heavy (non-hydrogen) atoms. The van der Waals surface area contributed by atoms with Gasteiger partial charge in [0, 0.05) is 17.8 Å². The number of carbonyl (C=O) groups excluding carboxylic acids is 1. The summed E-state index contributed by atoms with van der Waals surface area (Å²) in [7, 11) is -3.55. The zero-order valence-corrected chi connectivity index (χ0v) is 14.1. The smallest absolute Gasteiger partial charge is 0.255 e. The van der Waals surface area contributed by atoms with E-state index in [4.69, 9.17) is 0 Å². The number of hydrogen-bond acceptors (Lipinski definition) is 3. The van der Waals surface area contributed by atoms with Crippen molar-refractivity contribution in [2.75, 3.05) is 11.9 Å². The first kappa shape index (κ1) is 18.1. The monoisotopic (exact) mass is 350 g/mol. The van der Waals surface area contributed by atoms with Crippen molar-refractivity contribution in [3.63, 3.8) is 0 Å². The highest BCUT2D eigenvalue weighted by Gasteiger charge is 2.13. The molecule has 2 rings (SSSR count). The van der Waals surface area contributed by atoms with E-state index in [1.807, 2.05) is 6.92 Å². The lowest BCUT2D eigenvalue weighted by Crippen LogP contribution is -2.24. The molecule has 1 amide bonds. The molecule has 0 fully saturated rings. The number of benzene rings is 2. The second-order valence-corrected chi connectivity index (χ2v) is 7.01. The molecule has 7 heteroatoms. The summed E-state index contributed by atoms with van der Waals surface area (Å²) in [5.74, 6) is -0.964. The van der Waals surface area contributed by atoms with Gasteiger partial charge in [-0.1, -0.05) is 19.4 Å². The lowest BCUT2D eigenvalue weighted by Gasteiger charge is -2.08. The molecule has 128 valence electrons. The molecule has 0 saturated carbocycles. The van der Waals surface area contributed by atoms with E-state index < -0.39 is 21.7 Å². The summed E-state index contributed by atoms with van der Waals surface area (Å²) >= 11 is 0. The molecule has 0 aliphatic carbocycles. The van der Waals surface area contributed by atoms with Crippen molar-refractivity contribution >= 4 is 21.6 Å². The molecule has 0 saturated heterocycles. The van der Waals surface area contributed by atoms with Gasteiger partial charge in [-0.15, -0.1) is 0 Å². The van der Waals surface area contributed by atoms with E-state index in [9.17, 15) is 17.6 Å². The lowest BCUT2D eigenvalue weighted by atomic mass is 10.2. The molecule has 2 N–H and O–H groups in total. The topological polar surface area (TPSA) is 75.3 Å². The highest BCUT2D eigenvalue weighted by molar-refractivity contribution is 7.89. The average molecular weight is 350 g/mol. The van der Waals surface area contributed by atoms with Crippen molar-refractivity contribution in [1.82, 2.24) is 4.72 Å². The van der Waals surface area contributed by atoms with Crippen molar-refractivity contribution in [3.8, 4) is 0 Å². The maximum atomic E-state index is 13.1. The number of rotatable bonds is 7. The fourth-order valence-electron chi connectivity index (χ4n) is 2.02. The number of carbonyl (C=O) groups is 1. The van der Waals surface area contributed by atoms with Crippen LogP contribution < -0.4 is 10.0 Å². The van der Waals surface area contributed by atoms with Gasteiger partial charge in [-0.25, -0.2) is 17.5 Å². The first-order valence-electron chi connectivity index (χ1n) is 7.59. The number of anilines is 1. The standard InChI is InChI=1S/C17H19FN2O3S/c1-2-3-11-19-24(22,23)16-9-7-15(8-10-16)20-17(21)13-5-4-6-14(18)12-13/h4-10,12,19H,2-3,11H2,1H3,(H,20,21). The summed E-state index contributed by atoms with van der Waals surface area (Å²) < 4.78 is 39.8. The number of sulfonamides is 1. The van der Waals surface area contributed by atoms with Crippen LogP contribution >= 0.6 is 0 Å². The second-order valence-electron chi connectivity index (χ2n) is 5.24. The Morgan fingerprint density at radius 3 is 2.46 bits per heavy atom. The summed E-state index contributed by atoms with van der Waals surface area (Å²) in [4.78, 5) is 12.1. The van der Waals surface area contributed by atoms with Gasteiger partial charge in [0.1, 0.15) is 5.82 Å². The quantitative estimate of drug-likeness (QED) is 0.753. The predicted molar refractivity (Wildman–Crippen MR) is 90.9 cm³/mol. The van der Waals surface area contributed by atoms with Gasteiger partial charge in [0.25, 0.3) is 5.91 Å². The Labute approximate surface area is 141 Å². The molecular formula is C17H19FN2O3S. The highest BCUT2D eigenvalue weighted by Crippen LogP contribution is 2.15. The number of nitrogens with one attached hydrogen (secondary N) is 2. The second kappa shape index (κ2) is 8.03. The van der Waals surface area contributed by atoms with E-state index >= 15 is 0 Å². The molecule has 0 bridgehead atoms. The van der Waals surface area contributed by atoms with Crippen LogP contribution in [0, 0.1) is 5.82 Å². The third-order valence-corrected chi connectivity index (χ3v) is 4.81. The molecule has 5 nitrogen and oxygen atoms in total. The van der Waals surface area contributed by atoms with Crippen molar-refractivity contribution in [2.45, 2.75) is 24.7 Å². The van der Waals surface area contributed by atoms with Crippen molar-refractivity contribution in [1.29, 1.82) is 0 Å². The fourth-order valence-corrected chi connectivity index (χ4v) is 3.09.